The van der Waals surface area contributed by atoms with Gasteiger partial charge in [0.15, 0.2) is 0 Å². The van der Waals surface area contributed by atoms with Gasteiger partial charge in [-0.2, -0.15) is 0 Å². The van der Waals surface area contributed by atoms with Crippen LogP contribution >= 0.6 is 11.3 Å². The summed E-state index contributed by atoms with van der Waals surface area (Å²) in [7, 11) is 0. The van der Waals surface area contributed by atoms with Gasteiger partial charge in [0.2, 0.25) is 0 Å². The van der Waals surface area contributed by atoms with Crippen molar-refractivity contribution in [2.45, 2.75) is 6.92 Å². The van der Waals surface area contributed by atoms with Crippen molar-refractivity contribution in [3.8, 4) is 22.4 Å². The van der Waals surface area contributed by atoms with E-state index >= 15 is 0 Å². The maximum Gasteiger partial charge on any atom is 0.116 e. The zero-order valence-corrected chi connectivity index (χ0v) is 17.1. The molecule has 30 heavy (non-hydrogen) atoms. The Balaban J connectivity index is 1.62. The average molecular weight is 404 g/mol. The first-order valence-electron chi connectivity index (χ1n) is 9.85. The third-order valence-corrected chi connectivity index (χ3v) is 6.75. The van der Waals surface area contributed by atoms with Gasteiger partial charge in [0.25, 0.3) is 0 Å². The summed E-state index contributed by atoms with van der Waals surface area (Å²) in [6.45, 7) is 2.15. The second-order valence-corrected chi connectivity index (χ2v) is 8.53. The molecule has 6 rings (SSSR count). The minimum Gasteiger partial charge on any atom is -0.265 e. The minimum atomic E-state index is 0.949. The molecule has 0 spiro atoms. The fourth-order valence-electron chi connectivity index (χ4n) is 4.14. The Morgan fingerprint density at radius 3 is 2.50 bits per heavy atom. The summed E-state index contributed by atoms with van der Waals surface area (Å²) in [6, 6.07) is 23.6. The Kier molecular flexibility index (Phi) is 3.86. The van der Waals surface area contributed by atoms with Crippen LogP contribution < -0.4 is 0 Å². The van der Waals surface area contributed by atoms with Crippen molar-refractivity contribution in [1.29, 1.82) is 0 Å². The van der Waals surface area contributed by atoms with Crippen molar-refractivity contribution >= 4 is 42.4 Å². The van der Waals surface area contributed by atoms with Crippen molar-refractivity contribution in [3.63, 3.8) is 0 Å². The van der Waals surface area contributed by atoms with Gasteiger partial charge in [-0.1, -0.05) is 24.3 Å². The first-order chi connectivity index (χ1) is 14.8. The zero-order valence-electron chi connectivity index (χ0n) is 16.3. The van der Waals surface area contributed by atoms with Crippen LogP contribution in [0.25, 0.3) is 53.5 Å². The quantitative estimate of drug-likeness (QED) is 0.311. The molecule has 0 saturated heterocycles. The highest BCUT2D eigenvalue weighted by Gasteiger charge is 2.15. The smallest absolute Gasteiger partial charge is 0.116 e. The number of nitrogens with zero attached hydrogens (tertiary/aromatic N) is 3. The summed E-state index contributed by atoms with van der Waals surface area (Å²) in [5, 5.41) is 3.67. The Labute approximate surface area is 177 Å². The minimum absolute atomic E-state index is 0.949. The standard InChI is InChI=1S/C26H17N3S/c1-16-12-21-19-4-2-3-5-24(19)30-26(21)22(13-16)25-20-7-6-18(14-23(20)28-15-29-25)17-8-10-27-11-9-17/h2-15H,1H3. The monoisotopic (exact) mass is 403 g/mol. The van der Waals surface area contributed by atoms with Crippen LogP contribution in [0.4, 0.5) is 0 Å². The van der Waals surface area contributed by atoms with Crippen LogP contribution in [0.5, 0.6) is 0 Å². The molecule has 0 fully saturated rings. The topological polar surface area (TPSA) is 38.7 Å². The molecule has 0 aliphatic carbocycles. The second kappa shape index (κ2) is 6.71. The lowest BCUT2D eigenvalue weighted by atomic mass is 9.99. The Bertz CT molecular complexity index is 1550. The van der Waals surface area contributed by atoms with Gasteiger partial charge in [-0.15, -0.1) is 11.3 Å². The van der Waals surface area contributed by atoms with Crippen molar-refractivity contribution in [3.05, 3.63) is 91.0 Å². The zero-order chi connectivity index (χ0) is 20.1. The summed E-state index contributed by atoms with van der Waals surface area (Å²) < 4.78 is 2.58. The van der Waals surface area contributed by atoms with E-state index in [-0.39, 0.29) is 0 Å². The molecular weight excluding hydrogens is 386 g/mol. The maximum absolute atomic E-state index is 4.73. The molecule has 0 aliphatic rings. The second-order valence-electron chi connectivity index (χ2n) is 7.48. The first-order valence-corrected chi connectivity index (χ1v) is 10.7. The molecular formula is C26H17N3S. The summed E-state index contributed by atoms with van der Waals surface area (Å²) in [5.74, 6) is 0. The predicted molar refractivity (Wildman–Crippen MR) is 126 cm³/mol. The normalized spacial score (nSPS) is 11.5. The van der Waals surface area contributed by atoms with Gasteiger partial charge in [-0.3, -0.25) is 4.98 Å². The van der Waals surface area contributed by atoms with Gasteiger partial charge in [-0.05, 0) is 66.1 Å². The summed E-state index contributed by atoms with van der Waals surface area (Å²) in [5.41, 5.74) is 6.61. The highest BCUT2D eigenvalue weighted by Crippen LogP contribution is 2.41. The number of aryl methyl sites for hydroxylation is 1. The number of hydrogen-bond donors (Lipinski definition) is 0. The van der Waals surface area contributed by atoms with Crippen LogP contribution in [-0.4, -0.2) is 15.0 Å². The van der Waals surface area contributed by atoms with Crippen molar-refractivity contribution in [1.82, 2.24) is 15.0 Å². The number of thiophene rings is 1. The van der Waals surface area contributed by atoms with Gasteiger partial charge < -0.3 is 0 Å². The van der Waals surface area contributed by atoms with Crippen molar-refractivity contribution in [2.75, 3.05) is 0 Å². The van der Waals surface area contributed by atoms with Crippen LogP contribution in [-0.2, 0) is 0 Å². The molecule has 3 nitrogen and oxygen atoms in total. The summed E-state index contributed by atoms with van der Waals surface area (Å²) in [4.78, 5) is 13.4. The lowest BCUT2D eigenvalue weighted by molar-refractivity contribution is 1.23. The molecule has 4 heteroatoms. The first kappa shape index (κ1) is 17.2. The molecule has 0 unspecified atom stereocenters. The Hall–Kier alpha value is -3.63. The van der Waals surface area contributed by atoms with E-state index in [0.29, 0.717) is 0 Å². The number of pyridine rings is 1. The SMILES string of the molecule is Cc1cc(-c2ncnc3cc(-c4ccncc4)ccc23)c2sc3ccccc3c2c1. The van der Waals surface area contributed by atoms with Crippen LogP contribution in [0.15, 0.2) is 85.5 Å². The van der Waals surface area contributed by atoms with Gasteiger partial charge in [-0.25, -0.2) is 9.97 Å². The van der Waals surface area contributed by atoms with E-state index in [2.05, 4.69) is 71.5 Å². The molecule has 0 saturated carbocycles. The summed E-state index contributed by atoms with van der Waals surface area (Å²) >= 11 is 1.83. The third-order valence-electron chi connectivity index (χ3n) is 5.53. The average Bonchev–Trinajstić information content (AvgIpc) is 3.17. The van der Waals surface area contributed by atoms with E-state index in [1.165, 1.54) is 31.3 Å². The van der Waals surface area contributed by atoms with E-state index in [9.17, 15) is 0 Å². The van der Waals surface area contributed by atoms with Crippen LogP contribution in [0.1, 0.15) is 5.56 Å². The van der Waals surface area contributed by atoms with Crippen molar-refractivity contribution < 1.29 is 0 Å². The predicted octanol–water partition coefficient (Wildman–Crippen LogP) is 7.04. The van der Waals surface area contributed by atoms with Gasteiger partial charge in [0.1, 0.15) is 6.33 Å². The van der Waals surface area contributed by atoms with E-state index in [4.69, 9.17) is 4.98 Å². The maximum atomic E-state index is 4.73. The molecule has 142 valence electrons. The Morgan fingerprint density at radius 2 is 1.60 bits per heavy atom. The molecule has 0 radical (unpaired) electrons. The molecule has 0 aliphatic heterocycles. The molecule has 3 heterocycles. The molecule has 3 aromatic heterocycles. The fourth-order valence-corrected chi connectivity index (χ4v) is 5.34. The van der Waals surface area contributed by atoms with Crippen LogP contribution in [0.3, 0.4) is 0 Å². The highest BCUT2D eigenvalue weighted by molar-refractivity contribution is 7.26. The number of rotatable bonds is 2. The molecule has 0 atom stereocenters. The third kappa shape index (κ3) is 2.69. The lowest BCUT2D eigenvalue weighted by Gasteiger charge is -2.09. The van der Waals surface area contributed by atoms with E-state index in [1.54, 1.807) is 6.33 Å². The van der Waals surface area contributed by atoms with Gasteiger partial charge in [0, 0.05) is 43.5 Å². The molecule has 0 N–H and O–H groups in total. The van der Waals surface area contributed by atoms with E-state index in [0.717, 1.165) is 27.7 Å². The molecule has 6 aromatic rings. The highest BCUT2D eigenvalue weighted by atomic mass is 32.1. The van der Waals surface area contributed by atoms with Crippen LogP contribution in [0.2, 0.25) is 0 Å². The number of aromatic nitrogens is 3. The number of fused-ring (bicyclic) bond motifs is 4. The molecule has 0 bridgehead atoms. The van der Waals surface area contributed by atoms with E-state index in [1.807, 2.05) is 35.9 Å². The fraction of sp³-hybridized carbons (Fsp3) is 0.0385. The molecule has 3 aromatic carbocycles. The van der Waals surface area contributed by atoms with E-state index < -0.39 is 0 Å². The van der Waals surface area contributed by atoms with Gasteiger partial charge >= 0.3 is 0 Å². The summed E-state index contributed by atoms with van der Waals surface area (Å²) in [6.07, 6.45) is 5.31. The largest absolute Gasteiger partial charge is 0.265 e. The van der Waals surface area contributed by atoms with Crippen LogP contribution in [0, 0.1) is 6.92 Å². The number of hydrogen-bond acceptors (Lipinski definition) is 4. The lowest BCUT2D eigenvalue weighted by Crippen LogP contribution is -1.91. The molecule has 0 amide bonds. The van der Waals surface area contributed by atoms with Crippen molar-refractivity contribution in [2.24, 2.45) is 0 Å². The van der Waals surface area contributed by atoms with Gasteiger partial charge in [0.05, 0.1) is 11.2 Å². The number of benzene rings is 3. The Morgan fingerprint density at radius 1 is 0.733 bits per heavy atom.